The molecule has 0 aromatic heterocycles. The van der Waals surface area contributed by atoms with Crippen molar-refractivity contribution >= 4 is 6.09 Å². The normalized spacial score (nSPS) is 18.2. The minimum atomic E-state index is -0.416. The van der Waals surface area contributed by atoms with Gasteiger partial charge in [0.2, 0.25) is 0 Å². The molecule has 0 atom stereocenters. The highest BCUT2D eigenvalue weighted by Crippen LogP contribution is 2.17. The number of ether oxygens (including phenoxy) is 2. The maximum Gasteiger partial charge on any atom is 0.410 e. The molecule has 0 N–H and O–H groups in total. The zero-order chi connectivity index (χ0) is 12.2. The Labute approximate surface area is 97.9 Å². The summed E-state index contributed by atoms with van der Waals surface area (Å²) in [5.74, 6) is 0.547. The molecule has 0 aliphatic carbocycles. The molecule has 1 aliphatic rings. The number of nitrogens with zero attached hydrogens (tertiary/aromatic N) is 1. The lowest BCUT2D eigenvalue weighted by Crippen LogP contribution is -2.38. The van der Waals surface area contributed by atoms with Crippen LogP contribution in [0.4, 0.5) is 4.79 Å². The lowest BCUT2D eigenvalue weighted by Gasteiger charge is -2.29. The average molecular weight is 229 g/mol. The van der Waals surface area contributed by atoms with Gasteiger partial charge in [0.15, 0.2) is 0 Å². The number of hydrogen-bond acceptors (Lipinski definition) is 3. The Morgan fingerprint density at radius 2 is 1.94 bits per heavy atom. The lowest BCUT2D eigenvalue weighted by molar-refractivity contribution is 0.0179. The van der Waals surface area contributed by atoms with Crippen molar-refractivity contribution < 1.29 is 14.3 Å². The summed E-state index contributed by atoms with van der Waals surface area (Å²) < 4.78 is 10.6. The number of carbonyl (C=O) groups excluding carboxylic acids is 1. The lowest BCUT2D eigenvalue weighted by atomic mass is 10.0. The standard InChI is InChI=1S/C12H23NO3/c1-12(2,3)16-11(14)13(4)9-10-5-7-15-8-6-10/h10H,5-9H2,1-4H3. The van der Waals surface area contributed by atoms with Gasteiger partial charge in [-0.05, 0) is 39.5 Å². The van der Waals surface area contributed by atoms with E-state index in [0.29, 0.717) is 5.92 Å². The summed E-state index contributed by atoms with van der Waals surface area (Å²) >= 11 is 0. The van der Waals surface area contributed by atoms with Gasteiger partial charge in [-0.15, -0.1) is 0 Å². The first-order valence-electron chi connectivity index (χ1n) is 5.90. The maximum atomic E-state index is 11.7. The SMILES string of the molecule is CN(CC1CCOCC1)C(=O)OC(C)(C)C. The highest BCUT2D eigenvalue weighted by molar-refractivity contribution is 5.67. The predicted octanol–water partition coefficient (Wildman–Crippen LogP) is 2.28. The molecular formula is C12H23NO3. The van der Waals surface area contributed by atoms with Gasteiger partial charge in [-0.25, -0.2) is 4.79 Å². The summed E-state index contributed by atoms with van der Waals surface area (Å²) in [4.78, 5) is 13.4. The van der Waals surface area contributed by atoms with Crippen molar-refractivity contribution in [2.45, 2.75) is 39.2 Å². The van der Waals surface area contributed by atoms with Gasteiger partial charge < -0.3 is 14.4 Å². The van der Waals surface area contributed by atoms with E-state index in [2.05, 4.69) is 0 Å². The van der Waals surface area contributed by atoms with Gasteiger partial charge >= 0.3 is 6.09 Å². The van der Waals surface area contributed by atoms with E-state index >= 15 is 0 Å². The Morgan fingerprint density at radius 3 is 2.44 bits per heavy atom. The van der Waals surface area contributed by atoms with Crippen molar-refractivity contribution in [3.8, 4) is 0 Å². The van der Waals surface area contributed by atoms with Crippen LogP contribution in [0.15, 0.2) is 0 Å². The summed E-state index contributed by atoms with van der Waals surface area (Å²) in [6, 6.07) is 0. The van der Waals surface area contributed by atoms with Gasteiger partial charge in [-0.1, -0.05) is 0 Å². The van der Waals surface area contributed by atoms with Crippen molar-refractivity contribution in [1.82, 2.24) is 4.90 Å². The van der Waals surface area contributed by atoms with Crippen molar-refractivity contribution in [3.63, 3.8) is 0 Å². The molecule has 1 heterocycles. The number of rotatable bonds is 2. The molecule has 1 rings (SSSR count). The second kappa shape index (κ2) is 5.53. The highest BCUT2D eigenvalue weighted by Gasteiger charge is 2.22. The Kier molecular flexibility index (Phi) is 4.59. The van der Waals surface area contributed by atoms with Crippen LogP contribution in [-0.2, 0) is 9.47 Å². The molecule has 1 saturated heterocycles. The fourth-order valence-electron chi connectivity index (χ4n) is 1.73. The van der Waals surface area contributed by atoms with Crippen molar-refractivity contribution in [2.75, 3.05) is 26.8 Å². The largest absolute Gasteiger partial charge is 0.444 e. The molecule has 0 spiro atoms. The number of amides is 1. The van der Waals surface area contributed by atoms with Crippen LogP contribution >= 0.6 is 0 Å². The average Bonchev–Trinajstić information content (AvgIpc) is 2.16. The van der Waals surface area contributed by atoms with Gasteiger partial charge in [0.25, 0.3) is 0 Å². The Bertz CT molecular complexity index is 229. The quantitative estimate of drug-likeness (QED) is 0.729. The van der Waals surface area contributed by atoms with E-state index in [1.54, 1.807) is 11.9 Å². The second-order valence-corrected chi connectivity index (χ2v) is 5.42. The Morgan fingerprint density at radius 1 is 1.38 bits per heavy atom. The van der Waals surface area contributed by atoms with E-state index in [0.717, 1.165) is 32.6 Å². The van der Waals surface area contributed by atoms with Crippen LogP contribution in [0.1, 0.15) is 33.6 Å². The molecule has 1 amide bonds. The molecule has 0 unspecified atom stereocenters. The van der Waals surface area contributed by atoms with Crippen LogP contribution in [0.5, 0.6) is 0 Å². The van der Waals surface area contributed by atoms with Crippen molar-refractivity contribution in [2.24, 2.45) is 5.92 Å². The zero-order valence-electron chi connectivity index (χ0n) is 10.8. The van der Waals surface area contributed by atoms with E-state index in [4.69, 9.17) is 9.47 Å². The fraction of sp³-hybridized carbons (Fsp3) is 0.917. The van der Waals surface area contributed by atoms with Crippen molar-refractivity contribution in [1.29, 1.82) is 0 Å². The third-order valence-corrected chi connectivity index (χ3v) is 2.58. The molecular weight excluding hydrogens is 206 g/mol. The molecule has 0 saturated carbocycles. The van der Waals surface area contributed by atoms with Gasteiger partial charge in [0, 0.05) is 26.8 Å². The van der Waals surface area contributed by atoms with Gasteiger partial charge in [-0.3, -0.25) is 0 Å². The van der Waals surface area contributed by atoms with Crippen LogP contribution in [-0.4, -0.2) is 43.4 Å². The van der Waals surface area contributed by atoms with Crippen LogP contribution in [0.3, 0.4) is 0 Å². The van der Waals surface area contributed by atoms with Gasteiger partial charge in [-0.2, -0.15) is 0 Å². The van der Waals surface area contributed by atoms with Crippen LogP contribution < -0.4 is 0 Å². The molecule has 1 aliphatic heterocycles. The Hall–Kier alpha value is -0.770. The molecule has 0 aromatic rings. The molecule has 94 valence electrons. The highest BCUT2D eigenvalue weighted by atomic mass is 16.6. The number of carbonyl (C=O) groups is 1. The first kappa shape index (κ1) is 13.3. The van der Waals surface area contributed by atoms with Crippen molar-refractivity contribution in [3.05, 3.63) is 0 Å². The summed E-state index contributed by atoms with van der Waals surface area (Å²) in [6.07, 6.45) is 1.83. The van der Waals surface area contributed by atoms with Crippen LogP contribution in [0.2, 0.25) is 0 Å². The molecule has 1 fully saturated rings. The van der Waals surface area contributed by atoms with E-state index in [-0.39, 0.29) is 6.09 Å². The smallest absolute Gasteiger partial charge is 0.410 e. The molecule has 0 radical (unpaired) electrons. The van der Waals surface area contributed by atoms with Gasteiger partial charge in [0.05, 0.1) is 0 Å². The molecule has 16 heavy (non-hydrogen) atoms. The van der Waals surface area contributed by atoms with E-state index in [1.165, 1.54) is 0 Å². The third kappa shape index (κ3) is 4.84. The Balaban J connectivity index is 2.33. The van der Waals surface area contributed by atoms with E-state index < -0.39 is 5.60 Å². The molecule has 4 nitrogen and oxygen atoms in total. The van der Waals surface area contributed by atoms with E-state index in [1.807, 2.05) is 20.8 Å². The van der Waals surface area contributed by atoms with Gasteiger partial charge in [0.1, 0.15) is 5.60 Å². The second-order valence-electron chi connectivity index (χ2n) is 5.42. The minimum absolute atomic E-state index is 0.237. The zero-order valence-corrected chi connectivity index (χ0v) is 10.8. The minimum Gasteiger partial charge on any atom is -0.444 e. The first-order chi connectivity index (χ1) is 7.38. The van der Waals surface area contributed by atoms with Crippen LogP contribution in [0.25, 0.3) is 0 Å². The van der Waals surface area contributed by atoms with Crippen LogP contribution in [0, 0.1) is 5.92 Å². The summed E-state index contributed by atoms with van der Waals surface area (Å²) in [7, 11) is 1.80. The molecule has 0 bridgehead atoms. The topological polar surface area (TPSA) is 38.8 Å². The molecule has 4 heteroatoms. The fourth-order valence-corrected chi connectivity index (χ4v) is 1.73. The summed E-state index contributed by atoms with van der Waals surface area (Å²) in [5.41, 5.74) is -0.416. The monoisotopic (exact) mass is 229 g/mol. The predicted molar refractivity (Wildman–Crippen MR) is 62.4 cm³/mol. The first-order valence-corrected chi connectivity index (χ1v) is 5.90. The molecule has 0 aromatic carbocycles. The number of hydrogen-bond donors (Lipinski definition) is 0. The maximum absolute atomic E-state index is 11.7. The summed E-state index contributed by atoms with van der Waals surface area (Å²) in [5, 5.41) is 0. The summed E-state index contributed by atoms with van der Waals surface area (Å²) in [6.45, 7) is 8.03. The third-order valence-electron chi connectivity index (χ3n) is 2.58. The van der Waals surface area contributed by atoms with E-state index in [9.17, 15) is 4.79 Å².